The van der Waals surface area contributed by atoms with Gasteiger partial charge in [-0.3, -0.25) is 4.79 Å². The van der Waals surface area contributed by atoms with Gasteiger partial charge in [0.2, 0.25) is 5.91 Å². The molecule has 0 aromatic carbocycles. The summed E-state index contributed by atoms with van der Waals surface area (Å²) < 4.78 is 4.53. The Kier molecular flexibility index (Phi) is 3.76. The first-order valence-corrected chi connectivity index (χ1v) is 3.28. The third kappa shape index (κ3) is 3.55. The minimum atomic E-state index is -0.621. The molecule has 0 aliphatic heterocycles. The van der Waals surface area contributed by atoms with Crippen LogP contribution in [0.1, 0.15) is 13.8 Å². The maximum Gasteiger partial charge on any atom is 0.337 e. The van der Waals surface area contributed by atoms with Gasteiger partial charge in [0.1, 0.15) is 6.26 Å². The summed E-state index contributed by atoms with van der Waals surface area (Å²) in [5, 5.41) is 0. The maximum absolute atomic E-state index is 10.8. The minimum absolute atomic E-state index is 0.185. The van der Waals surface area contributed by atoms with E-state index in [4.69, 9.17) is 5.73 Å². The second kappa shape index (κ2) is 4.33. The quantitative estimate of drug-likeness (QED) is 0.380. The number of ether oxygens (including phenoxy) is 1. The van der Waals surface area contributed by atoms with Crippen LogP contribution in [0.15, 0.2) is 24.0 Å². The fraction of sp³-hybridized carbons (Fsp3) is 0.250. The molecular weight excluding hydrogens is 158 g/mol. The van der Waals surface area contributed by atoms with Crippen molar-refractivity contribution in [1.29, 1.82) is 0 Å². The van der Waals surface area contributed by atoms with Crippen molar-refractivity contribution in [1.82, 2.24) is 0 Å². The Morgan fingerprint density at radius 1 is 1.42 bits per heavy atom. The number of esters is 1. The lowest BCUT2D eigenvalue weighted by atomic mass is 10.3. The highest BCUT2D eigenvalue weighted by molar-refractivity contribution is 5.92. The predicted octanol–water partition coefficient (Wildman–Crippen LogP) is 0.495. The van der Waals surface area contributed by atoms with Gasteiger partial charge >= 0.3 is 5.97 Å². The number of hydrogen-bond donors (Lipinski definition) is 1. The van der Waals surface area contributed by atoms with Gasteiger partial charge in [0, 0.05) is 11.1 Å². The van der Waals surface area contributed by atoms with Crippen molar-refractivity contribution in [2.75, 3.05) is 0 Å². The van der Waals surface area contributed by atoms with Gasteiger partial charge < -0.3 is 10.5 Å². The molecule has 0 atom stereocenters. The number of amides is 1. The average Bonchev–Trinajstić information content (AvgIpc) is 1.98. The normalized spacial score (nSPS) is 10.7. The van der Waals surface area contributed by atoms with Gasteiger partial charge in [0.15, 0.2) is 0 Å². The summed E-state index contributed by atoms with van der Waals surface area (Å²) >= 11 is 0. The fourth-order valence-corrected chi connectivity index (χ4v) is 0.301. The lowest BCUT2D eigenvalue weighted by Crippen LogP contribution is -2.12. The Balaban J connectivity index is 4.14. The van der Waals surface area contributed by atoms with Crippen LogP contribution >= 0.6 is 0 Å². The molecule has 0 heterocycles. The first kappa shape index (κ1) is 10.4. The lowest BCUT2D eigenvalue weighted by molar-refractivity contribution is -0.133. The summed E-state index contributed by atoms with van der Waals surface area (Å²) in [6.07, 6.45) is 1.01. The number of carbonyl (C=O) groups is 2. The van der Waals surface area contributed by atoms with E-state index >= 15 is 0 Å². The summed E-state index contributed by atoms with van der Waals surface area (Å²) in [7, 11) is 0. The van der Waals surface area contributed by atoms with Crippen LogP contribution in [-0.2, 0) is 14.3 Å². The Morgan fingerprint density at radius 2 is 1.92 bits per heavy atom. The number of carbonyl (C=O) groups excluding carboxylic acids is 2. The highest BCUT2D eigenvalue weighted by atomic mass is 16.5. The Bertz CT molecular complexity index is 253. The second-order valence-electron chi connectivity index (χ2n) is 2.35. The van der Waals surface area contributed by atoms with Crippen molar-refractivity contribution in [3.05, 3.63) is 24.0 Å². The molecule has 0 fully saturated rings. The van der Waals surface area contributed by atoms with E-state index in [9.17, 15) is 9.59 Å². The van der Waals surface area contributed by atoms with Crippen molar-refractivity contribution in [2.45, 2.75) is 13.8 Å². The van der Waals surface area contributed by atoms with Crippen LogP contribution in [0.3, 0.4) is 0 Å². The third-order valence-electron chi connectivity index (χ3n) is 1.08. The first-order valence-electron chi connectivity index (χ1n) is 3.28. The van der Waals surface area contributed by atoms with Gasteiger partial charge in [-0.2, -0.15) is 0 Å². The fourth-order valence-electron chi connectivity index (χ4n) is 0.301. The average molecular weight is 169 g/mol. The zero-order valence-corrected chi connectivity index (χ0v) is 7.09. The molecule has 66 valence electrons. The van der Waals surface area contributed by atoms with E-state index in [1.807, 2.05) is 0 Å². The van der Waals surface area contributed by atoms with E-state index in [2.05, 4.69) is 11.3 Å². The first-order chi connectivity index (χ1) is 5.45. The Labute approximate surface area is 70.7 Å². The maximum atomic E-state index is 10.8. The van der Waals surface area contributed by atoms with E-state index in [1.54, 1.807) is 0 Å². The van der Waals surface area contributed by atoms with Crippen molar-refractivity contribution < 1.29 is 14.3 Å². The topological polar surface area (TPSA) is 69.4 Å². The van der Waals surface area contributed by atoms with Crippen LogP contribution in [0, 0.1) is 0 Å². The molecule has 12 heavy (non-hydrogen) atoms. The zero-order valence-electron chi connectivity index (χ0n) is 7.09. The highest BCUT2D eigenvalue weighted by Gasteiger charge is 2.02. The van der Waals surface area contributed by atoms with Crippen molar-refractivity contribution in [3.8, 4) is 0 Å². The Morgan fingerprint density at radius 3 is 2.25 bits per heavy atom. The Hall–Kier alpha value is -1.58. The number of primary amides is 1. The summed E-state index contributed by atoms with van der Waals surface area (Å²) in [5.74, 6) is -1.19. The van der Waals surface area contributed by atoms with Crippen LogP contribution in [-0.4, -0.2) is 11.9 Å². The van der Waals surface area contributed by atoms with Crippen molar-refractivity contribution >= 4 is 11.9 Å². The van der Waals surface area contributed by atoms with Crippen LogP contribution < -0.4 is 5.73 Å². The SMILES string of the molecule is C=C(C)C(=O)O/C=C(/C)C(N)=O. The van der Waals surface area contributed by atoms with E-state index in [0.29, 0.717) is 0 Å². The molecule has 2 N–H and O–H groups in total. The monoisotopic (exact) mass is 169 g/mol. The standard InChI is InChI=1S/C8H11NO3/c1-5(2)8(11)12-4-6(3)7(9)10/h4H,1H2,2-3H3,(H2,9,10)/b6-4-. The van der Waals surface area contributed by atoms with Crippen molar-refractivity contribution in [2.24, 2.45) is 5.73 Å². The van der Waals surface area contributed by atoms with Crippen LogP contribution in [0.25, 0.3) is 0 Å². The van der Waals surface area contributed by atoms with E-state index in [0.717, 1.165) is 6.26 Å². The molecule has 0 aromatic heterocycles. The minimum Gasteiger partial charge on any atom is -0.431 e. The zero-order chi connectivity index (χ0) is 9.72. The summed E-state index contributed by atoms with van der Waals surface area (Å²) in [6, 6.07) is 0. The molecule has 0 bridgehead atoms. The summed E-state index contributed by atoms with van der Waals surface area (Å²) in [4.78, 5) is 21.2. The van der Waals surface area contributed by atoms with E-state index < -0.39 is 11.9 Å². The second-order valence-corrected chi connectivity index (χ2v) is 2.35. The van der Waals surface area contributed by atoms with E-state index in [1.165, 1.54) is 13.8 Å². The molecule has 0 aliphatic rings. The summed E-state index contributed by atoms with van der Waals surface area (Å²) in [5.41, 5.74) is 5.33. The molecular formula is C8H11NO3. The van der Waals surface area contributed by atoms with E-state index in [-0.39, 0.29) is 11.1 Å². The number of nitrogens with two attached hydrogens (primary N) is 1. The van der Waals surface area contributed by atoms with Crippen LogP contribution in [0.2, 0.25) is 0 Å². The van der Waals surface area contributed by atoms with Gasteiger partial charge in [-0.15, -0.1) is 0 Å². The van der Waals surface area contributed by atoms with Crippen LogP contribution in [0.4, 0.5) is 0 Å². The number of hydrogen-bond acceptors (Lipinski definition) is 3. The van der Waals surface area contributed by atoms with Crippen LogP contribution in [0.5, 0.6) is 0 Å². The van der Waals surface area contributed by atoms with Gasteiger partial charge in [-0.05, 0) is 13.8 Å². The van der Waals surface area contributed by atoms with Gasteiger partial charge in [-0.25, -0.2) is 4.79 Å². The van der Waals surface area contributed by atoms with Crippen molar-refractivity contribution in [3.63, 3.8) is 0 Å². The van der Waals surface area contributed by atoms with Gasteiger partial charge in [-0.1, -0.05) is 6.58 Å². The summed E-state index contributed by atoms with van der Waals surface area (Å²) in [6.45, 7) is 6.32. The van der Waals surface area contributed by atoms with Gasteiger partial charge in [0.05, 0.1) is 0 Å². The predicted molar refractivity (Wildman–Crippen MR) is 43.9 cm³/mol. The molecule has 4 heteroatoms. The molecule has 0 saturated heterocycles. The molecule has 0 saturated carbocycles. The third-order valence-corrected chi connectivity index (χ3v) is 1.08. The molecule has 0 aliphatic carbocycles. The lowest BCUT2D eigenvalue weighted by Gasteiger charge is -1.97. The molecule has 1 amide bonds. The molecule has 0 radical (unpaired) electrons. The highest BCUT2D eigenvalue weighted by Crippen LogP contribution is 1.96. The molecule has 0 rings (SSSR count). The molecule has 0 unspecified atom stereocenters. The van der Waals surface area contributed by atoms with Gasteiger partial charge in [0.25, 0.3) is 0 Å². The molecule has 0 aromatic rings. The smallest absolute Gasteiger partial charge is 0.337 e. The largest absolute Gasteiger partial charge is 0.431 e. The number of rotatable bonds is 3. The molecule has 0 spiro atoms. The molecule has 4 nitrogen and oxygen atoms in total.